The summed E-state index contributed by atoms with van der Waals surface area (Å²) >= 11 is 0. The highest BCUT2D eigenvalue weighted by atomic mass is 14.3. The average molecular weight is 1340 g/mol. The van der Waals surface area contributed by atoms with E-state index in [-0.39, 0.29) is 0 Å². The molecule has 0 spiro atoms. The van der Waals surface area contributed by atoms with Crippen LogP contribution in [-0.4, -0.2) is 0 Å². The molecule has 0 aliphatic rings. The highest BCUT2D eigenvalue weighted by molar-refractivity contribution is 6.28. The minimum Gasteiger partial charge on any atom is -0.0622 e. The Morgan fingerprint density at radius 1 is 0.0849 bits per heavy atom. The molecule has 106 heavy (non-hydrogen) atoms. The summed E-state index contributed by atoms with van der Waals surface area (Å²) in [5, 5.41) is 25.3. The van der Waals surface area contributed by atoms with Crippen LogP contribution in [0.3, 0.4) is 0 Å². The fourth-order valence-corrected chi connectivity index (χ4v) is 17.4. The van der Waals surface area contributed by atoms with Crippen LogP contribution in [-0.2, 0) is 0 Å². The Kier molecular flexibility index (Phi) is 15.4. The van der Waals surface area contributed by atoms with Gasteiger partial charge in [-0.1, -0.05) is 376 Å². The summed E-state index contributed by atoms with van der Waals surface area (Å²) in [4.78, 5) is 0. The second-order valence-corrected chi connectivity index (χ2v) is 28.0. The normalized spacial score (nSPS) is 11.6. The van der Waals surface area contributed by atoms with E-state index in [4.69, 9.17) is 0 Å². The van der Waals surface area contributed by atoms with Crippen LogP contribution >= 0.6 is 0 Å². The van der Waals surface area contributed by atoms with E-state index < -0.39 is 0 Å². The predicted molar refractivity (Wildman–Crippen MR) is 457 cm³/mol. The van der Waals surface area contributed by atoms with Crippen molar-refractivity contribution in [1.82, 2.24) is 0 Å². The lowest BCUT2D eigenvalue weighted by atomic mass is 9.82. The molecule has 21 aromatic carbocycles. The first-order chi connectivity index (χ1) is 52.6. The van der Waals surface area contributed by atoms with E-state index in [1.807, 2.05) is 0 Å². The lowest BCUT2D eigenvalue weighted by Crippen LogP contribution is -1.93. The molecule has 0 N–H and O–H groups in total. The Morgan fingerprint density at radius 2 is 0.311 bits per heavy atom. The average Bonchev–Trinajstić information content (AvgIpc) is 0.728. The molecule has 0 unspecified atom stereocenters. The van der Waals surface area contributed by atoms with Crippen molar-refractivity contribution in [1.29, 1.82) is 0 Å². The SMILES string of the molecule is c1ccc(-c2c(-c3ccccc3)c3ccc(-c4c5ccccc5c(-c5ccc6cc7ccccc7cc6c5)c5ccccc45)cc3c3ccccc23)cc1.c1ccc(-c2cccc(-c3c4ccccc4c(-c4ccc5c(-c6ccccc6)c(-c6ccccc6)c6ccccc6c5c4)c4ccccc34)c2)cc1. The van der Waals surface area contributed by atoms with Gasteiger partial charge in [0.05, 0.1) is 0 Å². The van der Waals surface area contributed by atoms with Crippen LogP contribution in [0.15, 0.2) is 413 Å². The smallest absolute Gasteiger partial charge is 0.00203 e. The molecule has 0 saturated carbocycles. The van der Waals surface area contributed by atoms with E-state index in [0.29, 0.717) is 0 Å². The van der Waals surface area contributed by atoms with Gasteiger partial charge in [0.1, 0.15) is 0 Å². The fourth-order valence-electron chi connectivity index (χ4n) is 17.4. The van der Waals surface area contributed by atoms with E-state index in [1.165, 1.54) is 208 Å². The van der Waals surface area contributed by atoms with Gasteiger partial charge in [-0.15, -0.1) is 0 Å². The molecule has 0 nitrogen and oxygen atoms in total. The van der Waals surface area contributed by atoms with Gasteiger partial charge in [-0.3, -0.25) is 0 Å². The van der Waals surface area contributed by atoms with Crippen LogP contribution < -0.4 is 0 Å². The standard InChI is InChI=1S/C54H34.C52H34/c1-3-15-35(16-4-1)53-44-22-10-9-21-43(44)50-34-41(29-30-49(50)54(53)36-17-5-2-6-18-36)52-47-25-13-11-23-45(47)51(46-24-12-14-26-48(46)52)40-28-27-39-31-37-19-7-8-20-38(37)32-42(39)33-40;1-4-17-35(18-5-1)38-23-16-24-39(33-38)49-43-27-12-14-29-45(43)50(46-30-15-13-28-44(46)49)40-31-32-47-48(34-40)41-25-10-11-26-42(41)51(36-19-6-2-7-20-36)52(47)37-21-8-3-9-22-37/h1-34H;1-34H. The molecule has 0 heteroatoms. The second-order valence-electron chi connectivity index (χ2n) is 28.0. The number of hydrogen-bond acceptors (Lipinski definition) is 0. The molecule has 0 radical (unpaired) electrons. The number of benzene rings is 21. The van der Waals surface area contributed by atoms with Crippen molar-refractivity contribution in [2.24, 2.45) is 0 Å². The summed E-state index contributed by atoms with van der Waals surface area (Å²) < 4.78 is 0. The summed E-state index contributed by atoms with van der Waals surface area (Å²) in [6, 6.07) is 152. The molecule has 0 fully saturated rings. The van der Waals surface area contributed by atoms with Gasteiger partial charge in [0.2, 0.25) is 0 Å². The zero-order chi connectivity index (χ0) is 70.0. The van der Waals surface area contributed by atoms with E-state index in [9.17, 15) is 0 Å². The minimum absolute atomic E-state index is 1.22. The molecule has 0 aliphatic carbocycles. The van der Waals surface area contributed by atoms with Gasteiger partial charge in [0.15, 0.2) is 0 Å². The van der Waals surface area contributed by atoms with Crippen molar-refractivity contribution in [3.8, 4) is 100 Å². The van der Waals surface area contributed by atoms with Crippen LogP contribution in [0.25, 0.3) is 208 Å². The Balaban J connectivity index is 0.000000140. The maximum atomic E-state index is 2.45. The van der Waals surface area contributed by atoms with Crippen LogP contribution in [0.1, 0.15) is 0 Å². The van der Waals surface area contributed by atoms with Crippen molar-refractivity contribution < 1.29 is 0 Å². The first kappa shape index (κ1) is 62.0. The first-order valence-corrected chi connectivity index (χ1v) is 36.8. The van der Waals surface area contributed by atoms with E-state index >= 15 is 0 Å². The lowest BCUT2D eigenvalue weighted by Gasteiger charge is -2.21. The van der Waals surface area contributed by atoms with Crippen molar-refractivity contribution >= 4 is 108 Å². The summed E-state index contributed by atoms with van der Waals surface area (Å²) in [6.07, 6.45) is 0. The zero-order valence-electron chi connectivity index (χ0n) is 58.3. The number of rotatable bonds is 9. The quantitative estimate of drug-likeness (QED) is 0.0998. The molecule has 0 atom stereocenters. The van der Waals surface area contributed by atoms with Crippen LogP contribution in [0.4, 0.5) is 0 Å². The van der Waals surface area contributed by atoms with E-state index in [0.717, 1.165) is 0 Å². The Hall–Kier alpha value is -13.8. The fraction of sp³-hybridized carbons (Fsp3) is 0. The maximum Gasteiger partial charge on any atom is -0.00203 e. The van der Waals surface area contributed by atoms with Crippen molar-refractivity contribution in [2.45, 2.75) is 0 Å². The van der Waals surface area contributed by atoms with Gasteiger partial charge in [0, 0.05) is 0 Å². The monoisotopic (exact) mass is 1340 g/mol. The van der Waals surface area contributed by atoms with Gasteiger partial charge in [-0.2, -0.15) is 0 Å². The molecular formula is C106H68. The van der Waals surface area contributed by atoms with Gasteiger partial charge >= 0.3 is 0 Å². The summed E-state index contributed by atoms with van der Waals surface area (Å²) in [7, 11) is 0. The third-order valence-corrected chi connectivity index (χ3v) is 22.0. The largest absolute Gasteiger partial charge is 0.0622 e. The van der Waals surface area contributed by atoms with E-state index in [2.05, 4.69) is 413 Å². The first-order valence-electron chi connectivity index (χ1n) is 36.8. The molecule has 0 amide bonds. The van der Waals surface area contributed by atoms with Gasteiger partial charge in [-0.05, 0) is 244 Å². The lowest BCUT2D eigenvalue weighted by molar-refractivity contribution is 1.61. The maximum absolute atomic E-state index is 2.45. The molecule has 21 aromatic rings. The molecule has 492 valence electrons. The van der Waals surface area contributed by atoms with Crippen LogP contribution in [0.5, 0.6) is 0 Å². The van der Waals surface area contributed by atoms with Gasteiger partial charge in [0.25, 0.3) is 0 Å². The molecule has 0 saturated heterocycles. The Labute approximate surface area is 616 Å². The number of hydrogen-bond donors (Lipinski definition) is 0. The highest BCUT2D eigenvalue weighted by Gasteiger charge is 2.24. The Bertz CT molecular complexity index is 6900. The van der Waals surface area contributed by atoms with Crippen LogP contribution in [0.2, 0.25) is 0 Å². The minimum atomic E-state index is 1.22. The highest BCUT2D eigenvalue weighted by Crippen LogP contribution is 2.52. The molecule has 0 heterocycles. The molecular weight excluding hydrogens is 1270 g/mol. The second kappa shape index (κ2) is 26.2. The van der Waals surface area contributed by atoms with Crippen LogP contribution in [0, 0.1) is 0 Å². The predicted octanol–water partition coefficient (Wildman–Crippen LogP) is 29.9. The molecule has 21 rings (SSSR count). The Morgan fingerprint density at radius 3 is 0.660 bits per heavy atom. The molecule has 0 aliphatic heterocycles. The van der Waals surface area contributed by atoms with Gasteiger partial charge in [-0.25, -0.2) is 0 Å². The van der Waals surface area contributed by atoms with Crippen molar-refractivity contribution in [3.05, 3.63) is 413 Å². The summed E-state index contributed by atoms with van der Waals surface area (Å²) in [6.45, 7) is 0. The van der Waals surface area contributed by atoms with Crippen molar-refractivity contribution in [2.75, 3.05) is 0 Å². The molecule has 0 bridgehead atoms. The third kappa shape index (κ3) is 10.6. The van der Waals surface area contributed by atoms with Gasteiger partial charge < -0.3 is 0 Å². The summed E-state index contributed by atoms with van der Waals surface area (Å²) in [5.74, 6) is 0. The topological polar surface area (TPSA) is 0 Å². The zero-order valence-corrected chi connectivity index (χ0v) is 58.3. The molecule has 0 aromatic heterocycles. The summed E-state index contributed by atoms with van der Waals surface area (Å²) in [5.41, 5.74) is 22.5. The number of fused-ring (bicyclic) bond motifs is 12. The third-order valence-electron chi connectivity index (χ3n) is 22.0. The van der Waals surface area contributed by atoms with Crippen molar-refractivity contribution in [3.63, 3.8) is 0 Å². The van der Waals surface area contributed by atoms with E-state index in [1.54, 1.807) is 0 Å².